The number of halogens is 2. The minimum absolute atomic E-state index is 0.146. The van der Waals surface area contributed by atoms with Gasteiger partial charge in [-0.3, -0.25) is 0 Å². The first-order valence-electron chi connectivity index (χ1n) is 5.55. The highest BCUT2D eigenvalue weighted by atomic mass is 79.9. The predicted octanol–water partition coefficient (Wildman–Crippen LogP) is 1.87. The fourth-order valence-electron chi connectivity index (χ4n) is 1.83. The number of hydrogen-bond donors (Lipinski definition) is 1. The summed E-state index contributed by atoms with van der Waals surface area (Å²) in [6.45, 7) is 1.65. The van der Waals surface area contributed by atoms with Gasteiger partial charge in [0, 0.05) is 10.5 Å². The first-order chi connectivity index (χ1) is 8.16. The molecule has 0 saturated carbocycles. The molecule has 17 heavy (non-hydrogen) atoms. The molecule has 0 radical (unpaired) electrons. The van der Waals surface area contributed by atoms with Crippen molar-refractivity contribution >= 4 is 15.9 Å². The SMILES string of the molecule is NC(Cc1ccc(Br)cc1F)C1COCCO1. The summed E-state index contributed by atoms with van der Waals surface area (Å²) in [6.07, 6.45) is 0.305. The van der Waals surface area contributed by atoms with Gasteiger partial charge >= 0.3 is 0 Å². The lowest BCUT2D eigenvalue weighted by atomic mass is 10.0. The van der Waals surface area contributed by atoms with Gasteiger partial charge < -0.3 is 15.2 Å². The highest BCUT2D eigenvalue weighted by Gasteiger charge is 2.23. The molecule has 1 saturated heterocycles. The molecule has 1 aliphatic heterocycles. The second-order valence-electron chi connectivity index (χ2n) is 4.09. The predicted molar refractivity (Wildman–Crippen MR) is 66.3 cm³/mol. The third kappa shape index (κ3) is 3.48. The van der Waals surface area contributed by atoms with Crippen molar-refractivity contribution in [3.05, 3.63) is 34.1 Å². The monoisotopic (exact) mass is 303 g/mol. The average molecular weight is 304 g/mol. The van der Waals surface area contributed by atoms with E-state index in [1.165, 1.54) is 6.07 Å². The first kappa shape index (κ1) is 13.0. The van der Waals surface area contributed by atoms with Crippen LogP contribution in [0, 0.1) is 5.82 Å². The van der Waals surface area contributed by atoms with Crippen LogP contribution in [0.4, 0.5) is 4.39 Å². The Kier molecular flexibility index (Phi) is 4.50. The summed E-state index contributed by atoms with van der Waals surface area (Å²) < 4.78 is 25.1. The molecule has 1 aliphatic rings. The van der Waals surface area contributed by atoms with Gasteiger partial charge in [-0.25, -0.2) is 4.39 Å². The first-order valence-corrected chi connectivity index (χ1v) is 6.35. The summed E-state index contributed by atoms with van der Waals surface area (Å²) in [4.78, 5) is 0. The van der Waals surface area contributed by atoms with Crippen molar-refractivity contribution in [1.29, 1.82) is 0 Å². The van der Waals surface area contributed by atoms with Crippen molar-refractivity contribution in [2.45, 2.75) is 18.6 Å². The maximum absolute atomic E-state index is 13.6. The molecule has 1 heterocycles. The Balaban J connectivity index is 1.99. The lowest BCUT2D eigenvalue weighted by molar-refractivity contribution is -0.0968. The van der Waals surface area contributed by atoms with E-state index in [2.05, 4.69) is 15.9 Å². The molecule has 1 fully saturated rings. The molecule has 0 aliphatic carbocycles. The molecule has 1 aromatic rings. The van der Waals surface area contributed by atoms with Crippen LogP contribution in [0.1, 0.15) is 5.56 Å². The van der Waals surface area contributed by atoms with E-state index >= 15 is 0 Å². The molecule has 0 spiro atoms. The van der Waals surface area contributed by atoms with Crippen LogP contribution in [0.5, 0.6) is 0 Å². The van der Waals surface area contributed by atoms with E-state index in [1.54, 1.807) is 6.07 Å². The fourth-order valence-corrected chi connectivity index (χ4v) is 2.16. The van der Waals surface area contributed by atoms with E-state index in [0.29, 0.717) is 31.8 Å². The number of nitrogens with two attached hydrogens (primary N) is 1. The Bertz CT molecular complexity index is 383. The summed E-state index contributed by atoms with van der Waals surface area (Å²) in [5.74, 6) is -0.244. The van der Waals surface area contributed by atoms with E-state index in [1.807, 2.05) is 6.07 Å². The van der Waals surface area contributed by atoms with Crippen LogP contribution < -0.4 is 5.73 Å². The summed E-state index contributed by atoms with van der Waals surface area (Å²) >= 11 is 3.22. The van der Waals surface area contributed by atoms with Crippen molar-refractivity contribution in [2.75, 3.05) is 19.8 Å². The van der Waals surface area contributed by atoms with Gasteiger partial charge in [-0.2, -0.15) is 0 Å². The lowest BCUT2D eigenvalue weighted by Crippen LogP contribution is -2.45. The summed E-state index contributed by atoms with van der Waals surface area (Å²) in [6, 6.07) is 4.75. The van der Waals surface area contributed by atoms with Gasteiger partial charge in [-0.15, -0.1) is 0 Å². The van der Waals surface area contributed by atoms with E-state index in [0.717, 1.165) is 4.47 Å². The minimum Gasteiger partial charge on any atom is -0.376 e. The maximum atomic E-state index is 13.6. The molecule has 2 rings (SSSR count). The molecule has 1 aromatic carbocycles. The van der Waals surface area contributed by atoms with Gasteiger partial charge in [0.2, 0.25) is 0 Å². The second kappa shape index (κ2) is 5.91. The Morgan fingerprint density at radius 2 is 2.29 bits per heavy atom. The number of benzene rings is 1. The highest BCUT2D eigenvalue weighted by Crippen LogP contribution is 2.18. The molecule has 3 nitrogen and oxygen atoms in total. The van der Waals surface area contributed by atoms with Gasteiger partial charge in [0.1, 0.15) is 5.82 Å². The molecular formula is C12H15BrFNO2. The van der Waals surface area contributed by atoms with E-state index in [4.69, 9.17) is 15.2 Å². The molecular weight excluding hydrogens is 289 g/mol. The molecule has 5 heteroatoms. The van der Waals surface area contributed by atoms with E-state index < -0.39 is 0 Å². The zero-order chi connectivity index (χ0) is 12.3. The highest BCUT2D eigenvalue weighted by molar-refractivity contribution is 9.10. The maximum Gasteiger partial charge on any atom is 0.127 e. The number of hydrogen-bond acceptors (Lipinski definition) is 3. The van der Waals surface area contributed by atoms with Crippen LogP contribution in [0.15, 0.2) is 22.7 Å². The van der Waals surface area contributed by atoms with Crippen LogP contribution in [-0.2, 0) is 15.9 Å². The largest absolute Gasteiger partial charge is 0.376 e. The molecule has 0 bridgehead atoms. The molecule has 2 atom stereocenters. The van der Waals surface area contributed by atoms with Crippen LogP contribution in [0.25, 0.3) is 0 Å². The third-order valence-electron chi connectivity index (χ3n) is 2.79. The van der Waals surface area contributed by atoms with Crippen LogP contribution >= 0.6 is 15.9 Å². The standard InChI is InChI=1S/C12H15BrFNO2/c13-9-2-1-8(10(14)6-9)5-11(15)12-7-16-3-4-17-12/h1-2,6,11-12H,3-5,7,15H2. The Hall–Kier alpha value is -0.490. The zero-order valence-electron chi connectivity index (χ0n) is 9.36. The molecule has 2 unspecified atom stereocenters. The van der Waals surface area contributed by atoms with Crippen LogP contribution in [0.3, 0.4) is 0 Å². The smallest absolute Gasteiger partial charge is 0.127 e. The Labute approximate surface area is 108 Å². The van der Waals surface area contributed by atoms with Gasteiger partial charge in [-0.05, 0) is 24.1 Å². The van der Waals surface area contributed by atoms with Crippen molar-refractivity contribution in [3.8, 4) is 0 Å². The van der Waals surface area contributed by atoms with Crippen molar-refractivity contribution < 1.29 is 13.9 Å². The number of rotatable bonds is 3. The Morgan fingerprint density at radius 1 is 1.47 bits per heavy atom. The van der Waals surface area contributed by atoms with Crippen LogP contribution in [0.2, 0.25) is 0 Å². The van der Waals surface area contributed by atoms with E-state index in [9.17, 15) is 4.39 Å². The van der Waals surface area contributed by atoms with Crippen LogP contribution in [-0.4, -0.2) is 32.0 Å². The van der Waals surface area contributed by atoms with Crippen molar-refractivity contribution in [3.63, 3.8) is 0 Å². The van der Waals surface area contributed by atoms with Gasteiger partial charge in [-0.1, -0.05) is 22.0 Å². The summed E-state index contributed by atoms with van der Waals surface area (Å²) in [5, 5.41) is 0. The molecule has 94 valence electrons. The topological polar surface area (TPSA) is 44.5 Å². The second-order valence-corrected chi connectivity index (χ2v) is 5.00. The molecule has 2 N–H and O–H groups in total. The van der Waals surface area contributed by atoms with E-state index in [-0.39, 0.29) is 18.0 Å². The molecule has 0 amide bonds. The van der Waals surface area contributed by atoms with Gasteiger partial charge in [0.25, 0.3) is 0 Å². The van der Waals surface area contributed by atoms with Gasteiger partial charge in [0.15, 0.2) is 0 Å². The summed E-state index contributed by atoms with van der Waals surface area (Å²) in [7, 11) is 0. The lowest BCUT2D eigenvalue weighted by Gasteiger charge is -2.28. The van der Waals surface area contributed by atoms with Gasteiger partial charge in [0.05, 0.1) is 25.9 Å². The molecule has 0 aromatic heterocycles. The Morgan fingerprint density at radius 3 is 2.94 bits per heavy atom. The van der Waals surface area contributed by atoms with Crippen molar-refractivity contribution in [2.24, 2.45) is 5.73 Å². The summed E-state index contributed by atoms with van der Waals surface area (Å²) in [5.41, 5.74) is 6.61. The third-order valence-corrected chi connectivity index (χ3v) is 3.28. The minimum atomic E-state index is -0.244. The number of ether oxygens (including phenoxy) is 2. The quantitative estimate of drug-likeness (QED) is 0.927. The zero-order valence-corrected chi connectivity index (χ0v) is 11.0. The average Bonchev–Trinajstić information content (AvgIpc) is 2.34. The fraction of sp³-hybridized carbons (Fsp3) is 0.500. The normalized spacial score (nSPS) is 22.4. The van der Waals surface area contributed by atoms with Crippen molar-refractivity contribution in [1.82, 2.24) is 0 Å².